The molecule has 1 N–H and O–H groups in total. The van der Waals surface area contributed by atoms with E-state index in [1.165, 1.54) is 31.4 Å². The second kappa shape index (κ2) is 6.28. The molecule has 1 nitrogen and oxygen atoms in total. The van der Waals surface area contributed by atoms with Gasteiger partial charge in [-0.25, -0.2) is 8.78 Å². The Hall–Kier alpha value is -0.960. The maximum Gasteiger partial charge on any atom is 0.159 e. The molecule has 18 heavy (non-hydrogen) atoms. The third kappa shape index (κ3) is 3.52. The highest BCUT2D eigenvalue weighted by Gasteiger charge is 2.22. The first-order valence-electron chi connectivity index (χ1n) is 6.86. The number of halogens is 2. The van der Waals surface area contributed by atoms with Gasteiger partial charge >= 0.3 is 0 Å². The maximum atomic E-state index is 13.2. The van der Waals surface area contributed by atoms with Crippen LogP contribution in [0.5, 0.6) is 0 Å². The van der Waals surface area contributed by atoms with Crippen LogP contribution >= 0.6 is 0 Å². The van der Waals surface area contributed by atoms with E-state index in [9.17, 15) is 8.78 Å². The fourth-order valence-corrected chi connectivity index (χ4v) is 2.61. The summed E-state index contributed by atoms with van der Waals surface area (Å²) in [6.45, 7) is 3.00. The Morgan fingerprint density at radius 3 is 2.61 bits per heavy atom. The zero-order valence-electron chi connectivity index (χ0n) is 10.9. The Labute approximate surface area is 108 Å². The van der Waals surface area contributed by atoms with Crippen molar-refractivity contribution in [1.82, 2.24) is 5.32 Å². The van der Waals surface area contributed by atoms with E-state index in [-0.39, 0.29) is 0 Å². The Kier molecular flexibility index (Phi) is 4.70. The molecule has 0 saturated heterocycles. The third-order valence-electron chi connectivity index (χ3n) is 3.80. The number of rotatable bonds is 6. The smallest absolute Gasteiger partial charge is 0.159 e. The van der Waals surface area contributed by atoms with Crippen LogP contribution in [0.3, 0.4) is 0 Å². The molecule has 1 aromatic carbocycles. The summed E-state index contributed by atoms with van der Waals surface area (Å²) < 4.78 is 26.0. The molecule has 0 aliphatic heterocycles. The van der Waals surface area contributed by atoms with Crippen molar-refractivity contribution in [3.05, 3.63) is 35.4 Å². The van der Waals surface area contributed by atoms with E-state index in [0.717, 1.165) is 30.9 Å². The van der Waals surface area contributed by atoms with Crippen LogP contribution in [0.15, 0.2) is 18.2 Å². The van der Waals surface area contributed by atoms with Gasteiger partial charge in [0, 0.05) is 6.04 Å². The third-order valence-corrected chi connectivity index (χ3v) is 3.80. The van der Waals surface area contributed by atoms with Crippen molar-refractivity contribution in [3.63, 3.8) is 0 Å². The van der Waals surface area contributed by atoms with Crippen LogP contribution in [0.4, 0.5) is 8.78 Å². The van der Waals surface area contributed by atoms with Gasteiger partial charge < -0.3 is 5.32 Å². The molecular weight excluding hydrogens is 232 g/mol. The van der Waals surface area contributed by atoms with Gasteiger partial charge in [-0.1, -0.05) is 32.3 Å². The summed E-state index contributed by atoms with van der Waals surface area (Å²) in [6, 6.07) is 4.60. The molecule has 0 bridgehead atoms. The van der Waals surface area contributed by atoms with Crippen molar-refractivity contribution >= 4 is 0 Å². The normalized spacial score (nSPS) is 17.5. The molecule has 1 aliphatic rings. The van der Waals surface area contributed by atoms with Gasteiger partial charge in [-0.3, -0.25) is 0 Å². The lowest BCUT2D eigenvalue weighted by molar-refractivity contribution is 0.260. The highest BCUT2D eigenvalue weighted by molar-refractivity contribution is 5.18. The quantitative estimate of drug-likeness (QED) is 0.815. The fraction of sp³-hybridized carbons (Fsp3) is 0.600. The molecule has 0 radical (unpaired) electrons. The van der Waals surface area contributed by atoms with Gasteiger partial charge in [-0.2, -0.15) is 0 Å². The number of hydrogen-bond donors (Lipinski definition) is 1. The lowest BCUT2D eigenvalue weighted by atomic mass is 9.80. The Morgan fingerprint density at radius 2 is 2.06 bits per heavy atom. The molecule has 2 rings (SSSR count). The van der Waals surface area contributed by atoms with Crippen LogP contribution in [-0.4, -0.2) is 12.6 Å². The standard InChI is InChI=1S/C15H21F2N/c1-2-18-13(8-11-4-3-5-11)9-12-6-7-14(16)15(17)10-12/h6-7,10-11,13,18H,2-5,8-9H2,1H3. The lowest BCUT2D eigenvalue weighted by Crippen LogP contribution is -2.34. The summed E-state index contributed by atoms with van der Waals surface area (Å²) in [5, 5.41) is 3.45. The van der Waals surface area contributed by atoms with Crippen molar-refractivity contribution < 1.29 is 8.78 Å². The van der Waals surface area contributed by atoms with Gasteiger partial charge in [0.2, 0.25) is 0 Å². The predicted molar refractivity (Wildman–Crippen MR) is 69.5 cm³/mol. The highest BCUT2D eigenvalue weighted by Crippen LogP contribution is 2.31. The summed E-state index contributed by atoms with van der Waals surface area (Å²) in [5.41, 5.74) is 0.874. The molecule has 0 spiro atoms. The summed E-state index contributed by atoms with van der Waals surface area (Å²) >= 11 is 0. The van der Waals surface area contributed by atoms with Gasteiger partial charge in [-0.15, -0.1) is 0 Å². The van der Waals surface area contributed by atoms with Crippen LogP contribution in [0.2, 0.25) is 0 Å². The minimum atomic E-state index is -0.766. The van der Waals surface area contributed by atoms with Gasteiger partial charge in [0.05, 0.1) is 0 Å². The molecule has 1 unspecified atom stereocenters. The molecule has 1 fully saturated rings. The van der Waals surface area contributed by atoms with E-state index < -0.39 is 11.6 Å². The second-order valence-electron chi connectivity index (χ2n) is 5.24. The Morgan fingerprint density at radius 1 is 1.28 bits per heavy atom. The maximum absolute atomic E-state index is 13.2. The van der Waals surface area contributed by atoms with Gasteiger partial charge in [-0.05, 0) is 43.0 Å². The van der Waals surface area contributed by atoms with Gasteiger partial charge in [0.25, 0.3) is 0 Å². The minimum absolute atomic E-state index is 0.380. The van der Waals surface area contributed by atoms with E-state index in [1.54, 1.807) is 6.07 Å². The van der Waals surface area contributed by atoms with E-state index in [4.69, 9.17) is 0 Å². The average Bonchev–Trinajstić information content (AvgIpc) is 2.29. The molecule has 1 aliphatic carbocycles. The van der Waals surface area contributed by atoms with Gasteiger partial charge in [0.1, 0.15) is 0 Å². The molecule has 3 heteroatoms. The second-order valence-corrected chi connectivity index (χ2v) is 5.24. The molecule has 1 saturated carbocycles. The van der Waals surface area contributed by atoms with Crippen molar-refractivity contribution in [2.45, 2.75) is 45.1 Å². The summed E-state index contributed by atoms with van der Waals surface area (Å²) in [5.74, 6) is -0.691. The molecule has 1 aromatic rings. The zero-order valence-corrected chi connectivity index (χ0v) is 10.9. The van der Waals surface area contributed by atoms with Crippen molar-refractivity contribution in [2.24, 2.45) is 5.92 Å². The van der Waals surface area contributed by atoms with E-state index in [2.05, 4.69) is 12.2 Å². The summed E-state index contributed by atoms with van der Waals surface area (Å²) in [7, 11) is 0. The fourth-order valence-electron chi connectivity index (χ4n) is 2.61. The molecule has 1 atom stereocenters. The average molecular weight is 253 g/mol. The molecule has 100 valence electrons. The van der Waals surface area contributed by atoms with Crippen LogP contribution in [0.25, 0.3) is 0 Å². The Bertz CT molecular complexity index is 388. The van der Waals surface area contributed by atoms with Crippen LogP contribution in [-0.2, 0) is 6.42 Å². The topological polar surface area (TPSA) is 12.0 Å². The first-order valence-corrected chi connectivity index (χ1v) is 6.86. The first-order chi connectivity index (χ1) is 8.69. The molecule has 0 aromatic heterocycles. The number of likely N-dealkylation sites (N-methyl/N-ethyl adjacent to an activating group) is 1. The van der Waals surface area contributed by atoms with Crippen LogP contribution in [0.1, 0.15) is 38.2 Å². The predicted octanol–water partition coefficient (Wildman–Crippen LogP) is 3.68. The van der Waals surface area contributed by atoms with Crippen molar-refractivity contribution in [2.75, 3.05) is 6.54 Å². The summed E-state index contributed by atoms with van der Waals surface area (Å²) in [6.07, 6.45) is 5.91. The number of nitrogens with one attached hydrogen (secondary N) is 1. The SMILES string of the molecule is CCNC(Cc1ccc(F)c(F)c1)CC1CCC1. The van der Waals surface area contributed by atoms with Crippen molar-refractivity contribution in [3.8, 4) is 0 Å². The number of benzene rings is 1. The largest absolute Gasteiger partial charge is 0.314 e. The van der Waals surface area contributed by atoms with Gasteiger partial charge in [0.15, 0.2) is 11.6 Å². The first kappa shape index (κ1) is 13.5. The number of hydrogen-bond acceptors (Lipinski definition) is 1. The monoisotopic (exact) mass is 253 g/mol. The summed E-state index contributed by atoms with van der Waals surface area (Å²) in [4.78, 5) is 0. The minimum Gasteiger partial charge on any atom is -0.314 e. The zero-order chi connectivity index (χ0) is 13.0. The molecule has 0 heterocycles. The van der Waals surface area contributed by atoms with Crippen molar-refractivity contribution in [1.29, 1.82) is 0 Å². The van der Waals surface area contributed by atoms with Crippen LogP contribution < -0.4 is 5.32 Å². The van der Waals surface area contributed by atoms with E-state index in [0.29, 0.717) is 6.04 Å². The van der Waals surface area contributed by atoms with E-state index in [1.807, 2.05) is 0 Å². The molecular formula is C15H21F2N. The highest BCUT2D eigenvalue weighted by atomic mass is 19.2. The van der Waals surface area contributed by atoms with E-state index >= 15 is 0 Å². The molecule has 0 amide bonds. The lowest BCUT2D eigenvalue weighted by Gasteiger charge is -2.30. The Balaban J connectivity index is 1.95. The van der Waals surface area contributed by atoms with Crippen LogP contribution in [0, 0.1) is 17.6 Å².